The largest absolute Gasteiger partial charge is 0.462 e. The fraction of sp³-hybridized carbons (Fsp3) is 0.627. The lowest BCUT2D eigenvalue weighted by molar-refractivity contribution is -0.166. The minimum absolute atomic E-state index is 0.125. The highest BCUT2D eigenvalue weighted by atomic mass is 16.6. The molecule has 0 aromatic carbocycles. The molecule has 0 fully saturated rings. The molecule has 6 heteroatoms. The predicted molar refractivity (Wildman–Crippen MR) is 316 cm³/mol. The monoisotopic (exact) mass is 1010 g/mol. The van der Waals surface area contributed by atoms with Crippen LogP contribution in [0.5, 0.6) is 0 Å². The minimum atomic E-state index is -0.839. The Hall–Kier alpha value is -4.45. The number of carbonyl (C=O) groups is 3. The third-order valence-electron chi connectivity index (χ3n) is 12.1. The molecular formula is C67H108O6. The second-order valence-corrected chi connectivity index (χ2v) is 19.2. The van der Waals surface area contributed by atoms with Crippen molar-refractivity contribution in [3.8, 4) is 0 Å². The third kappa shape index (κ3) is 58.3. The Morgan fingerprint density at radius 3 is 0.945 bits per heavy atom. The number of hydrogen-bond donors (Lipinski definition) is 0. The van der Waals surface area contributed by atoms with Crippen LogP contribution in [0.25, 0.3) is 0 Å². The van der Waals surface area contributed by atoms with Crippen LogP contribution in [0.15, 0.2) is 134 Å². The maximum Gasteiger partial charge on any atom is 0.306 e. The summed E-state index contributed by atoms with van der Waals surface area (Å²) in [5.41, 5.74) is 0. The van der Waals surface area contributed by atoms with Crippen LogP contribution in [-0.2, 0) is 28.6 Å². The zero-order valence-corrected chi connectivity index (χ0v) is 47.1. The van der Waals surface area contributed by atoms with Gasteiger partial charge in [0.1, 0.15) is 13.2 Å². The van der Waals surface area contributed by atoms with E-state index in [2.05, 4.69) is 142 Å². The molecule has 0 rings (SSSR count). The van der Waals surface area contributed by atoms with E-state index in [4.69, 9.17) is 14.2 Å². The summed E-state index contributed by atoms with van der Waals surface area (Å²) in [6, 6.07) is 0. The van der Waals surface area contributed by atoms with Gasteiger partial charge in [0.25, 0.3) is 0 Å². The van der Waals surface area contributed by atoms with Gasteiger partial charge >= 0.3 is 17.9 Å². The summed E-state index contributed by atoms with van der Waals surface area (Å²) in [7, 11) is 0. The van der Waals surface area contributed by atoms with E-state index >= 15 is 0 Å². The van der Waals surface area contributed by atoms with Gasteiger partial charge in [-0.1, -0.05) is 238 Å². The molecule has 0 heterocycles. The van der Waals surface area contributed by atoms with E-state index in [-0.39, 0.29) is 31.6 Å². The molecule has 0 bridgehead atoms. The minimum Gasteiger partial charge on any atom is -0.462 e. The van der Waals surface area contributed by atoms with Crippen molar-refractivity contribution < 1.29 is 28.6 Å². The number of hydrogen-bond acceptors (Lipinski definition) is 6. The van der Waals surface area contributed by atoms with Gasteiger partial charge in [0.05, 0.1) is 0 Å². The molecule has 0 saturated carbocycles. The van der Waals surface area contributed by atoms with Crippen molar-refractivity contribution in [2.24, 2.45) is 0 Å². The van der Waals surface area contributed by atoms with E-state index in [0.717, 1.165) is 103 Å². The van der Waals surface area contributed by atoms with E-state index in [0.29, 0.717) is 19.3 Å². The summed E-state index contributed by atoms with van der Waals surface area (Å²) in [5.74, 6) is -1.05. The van der Waals surface area contributed by atoms with E-state index in [1.807, 2.05) is 12.2 Å². The fourth-order valence-corrected chi connectivity index (χ4v) is 7.68. The molecule has 0 unspecified atom stereocenters. The van der Waals surface area contributed by atoms with Crippen molar-refractivity contribution in [3.05, 3.63) is 134 Å². The molecule has 0 aliphatic rings. The molecule has 6 nitrogen and oxygen atoms in total. The Morgan fingerprint density at radius 1 is 0.288 bits per heavy atom. The van der Waals surface area contributed by atoms with Gasteiger partial charge in [0, 0.05) is 19.3 Å². The summed E-state index contributed by atoms with van der Waals surface area (Å²) in [4.78, 5) is 38.2. The van der Waals surface area contributed by atoms with Crippen LogP contribution in [0, 0.1) is 0 Å². The van der Waals surface area contributed by atoms with Crippen LogP contribution in [-0.4, -0.2) is 37.2 Å². The lowest BCUT2D eigenvalue weighted by atomic mass is 10.1. The van der Waals surface area contributed by atoms with E-state index in [1.165, 1.54) is 103 Å². The quantitative estimate of drug-likeness (QED) is 0.0261. The first-order valence-corrected chi connectivity index (χ1v) is 29.7. The van der Waals surface area contributed by atoms with Gasteiger partial charge in [0.15, 0.2) is 6.10 Å². The molecule has 412 valence electrons. The standard InChI is InChI=1S/C67H108O6/c1-4-7-10-13-16-19-22-25-28-31-33-36-39-42-45-48-51-54-57-60-66(69)72-63-64(62-71-65(68)59-56-53-50-47-44-41-38-35-30-27-24-21-18-15-12-9-6-3)73-67(70)61-58-55-52-49-46-43-40-37-34-32-29-26-23-20-17-14-11-8-5-2/h8,11,16-17,19-20,25-30,33-34,36-37,42-43,45-46,52,55,64H,4-7,9-10,12-15,18,21-24,31-32,35,38-41,44,47-51,53-54,56-63H2,1-3H3/b11-8-,19-16-,20-17-,28-25-,29-26-,30-27-,36-33-,37-34-,45-42-,46-43-,55-52-/t64-/m0/s1. The SMILES string of the molecule is CC/C=C\C/C=C\C/C=C\C/C=C\C/C=C\C/C=C\CCC(=O)O[C@H](COC(=O)CCCCC/C=C\C/C=C\C/C=C\C/C=C\CCCCC)COC(=O)CCCCCCCCC/C=C\CCCCCCCC. The topological polar surface area (TPSA) is 78.9 Å². The Balaban J connectivity index is 4.59. The van der Waals surface area contributed by atoms with Crippen LogP contribution in [0.4, 0.5) is 0 Å². The van der Waals surface area contributed by atoms with Gasteiger partial charge in [-0.2, -0.15) is 0 Å². The first kappa shape index (κ1) is 68.6. The molecule has 0 N–H and O–H groups in total. The number of ether oxygens (including phenoxy) is 3. The predicted octanol–water partition coefficient (Wildman–Crippen LogP) is 20.2. The van der Waals surface area contributed by atoms with Crippen molar-refractivity contribution in [2.75, 3.05) is 13.2 Å². The molecule has 0 aromatic heterocycles. The number of rotatable bonds is 52. The normalized spacial score (nSPS) is 13.1. The second kappa shape index (κ2) is 60.1. The molecule has 0 amide bonds. The van der Waals surface area contributed by atoms with E-state index in [9.17, 15) is 14.4 Å². The van der Waals surface area contributed by atoms with E-state index in [1.54, 1.807) is 0 Å². The smallest absolute Gasteiger partial charge is 0.306 e. The van der Waals surface area contributed by atoms with Crippen LogP contribution in [0.2, 0.25) is 0 Å². The molecule has 0 spiro atoms. The molecule has 73 heavy (non-hydrogen) atoms. The summed E-state index contributed by atoms with van der Waals surface area (Å²) < 4.78 is 16.8. The zero-order chi connectivity index (χ0) is 52.9. The van der Waals surface area contributed by atoms with Crippen LogP contribution < -0.4 is 0 Å². The highest BCUT2D eigenvalue weighted by Gasteiger charge is 2.19. The van der Waals surface area contributed by atoms with Crippen molar-refractivity contribution >= 4 is 17.9 Å². The lowest BCUT2D eigenvalue weighted by Gasteiger charge is -2.18. The van der Waals surface area contributed by atoms with Crippen molar-refractivity contribution in [1.29, 1.82) is 0 Å². The summed E-state index contributed by atoms with van der Waals surface area (Å²) in [6.07, 6.45) is 84.5. The Kier molecular flexibility index (Phi) is 56.4. The molecule has 0 aliphatic heterocycles. The van der Waals surface area contributed by atoms with Crippen molar-refractivity contribution in [3.63, 3.8) is 0 Å². The maximum absolute atomic E-state index is 12.8. The van der Waals surface area contributed by atoms with Crippen molar-refractivity contribution in [1.82, 2.24) is 0 Å². The molecule has 0 saturated heterocycles. The summed E-state index contributed by atoms with van der Waals surface area (Å²) in [6.45, 7) is 6.40. The first-order valence-electron chi connectivity index (χ1n) is 29.7. The Morgan fingerprint density at radius 2 is 0.562 bits per heavy atom. The average molecular weight is 1010 g/mol. The lowest BCUT2D eigenvalue weighted by Crippen LogP contribution is -2.30. The molecule has 1 atom stereocenters. The molecule has 0 radical (unpaired) electrons. The maximum atomic E-state index is 12.8. The van der Waals surface area contributed by atoms with Gasteiger partial charge in [-0.15, -0.1) is 0 Å². The number of esters is 3. The summed E-state index contributed by atoms with van der Waals surface area (Å²) in [5, 5.41) is 0. The van der Waals surface area contributed by atoms with Gasteiger partial charge in [-0.25, -0.2) is 0 Å². The Labute approximate surface area is 449 Å². The zero-order valence-electron chi connectivity index (χ0n) is 47.1. The Bertz CT molecular complexity index is 1580. The van der Waals surface area contributed by atoms with Crippen molar-refractivity contribution in [2.45, 2.75) is 258 Å². The second-order valence-electron chi connectivity index (χ2n) is 19.2. The molecule has 0 aliphatic carbocycles. The summed E-state index contributed by atoms with van der Waals surface area (Å²) >= 11 is 0. The van der Waals surface area contributed by atoms with E-state index < -0.39 is 12.1 Å². The number of carbonyl (C=O) groups excluding carboxylic acids is 3. The van der Waals surface area contributed by atoms with Crippen LogP contribution in [0.3, 0.4) is 0 Å². The highest BCUT2D eigenvalue weighted by molar-refractivity contribution is 5.71. The van der Waals surface area contributed by atoms with Gasteiger partial charge in [-0.05, 0) is 128 Å². The van der Waals surface area contributed by atoms with Gasteiger partial charge in [-0.3, -0.25) is 14.4 Å². The first-order chi connectivity index (χ1) is 36.0. The van der Waals surface area contributed by atoms with Gasteiger partial charge < -0.3 is 14.2 Å². The van der Waals surface area contributed by atoms with Gasteiger partial charge in [0.2, 0.25) is 0 Å². The number of allylic oxidation sites excluding steroid dienone is 22. The fourth-order valence-electron chi connectivity index (χ4n) is 7.68. The third-order valence-corrected chi connectivity index (χ3v) is 12.1. The van der Waals surface area contributed by atoms with Crippen LogP contribution in [0.1, 0.15) is 252 Å². The highest BCUT2D eigenvalue weighted by Crippen LogP contribution is 2.13. The molecular weight excluding hydrogens is 901 g/mol. The molecule has 0 aromatic rings. The average Bonchev–Trinajstić information content (AvgIpc) is 3.39. The number of unbranched alkanes of at least 4 members (excludes halogenated alkanes) is 19. The van der Waals surface area contributed by atoms with Crippen LogP contribution >= 0.6 is 0 Å².